The number of azide groups is 1. The summed E-state index contributed by atoms with van der Waals surface area (Å²) in [6.07, 6.45) is 6.04. The molecule has 0 fully saturated rings. The van der Waals surface area contributed by atoms with Crippen molar-refractivity contribution in [2.24, 2.45) is 5.11 Å². The molecule has 0 amide bonds. The van der Waals surface area contributed by atoms with Crippen molar-refractivity contribution < 1.29 is 0 Å². The van der Waals surface area contributed by atoms with Gasteiger partial charge in [-0.2, -0.15) is 0 Å². The van der Waals surface area contributed by atoms with Crippen LogP contribution in [0.5, 0.6) is 0 Å². The number of rotatable bonds is 6. The summed E-state index contributed by atoms with van der Waals surface area (Å²) in [5.41, 5.74) is 8.10. The summed E-state index contributed by atoms with van der Waals surface area (Å²) < 4.78 is 0. The first kappa shape index (κ1) is 10.3. The van der Waals surface area contributed by atoms with Gasteiger partial charge in [0.2, 0.25) is 0 Å². The van der Waals surface area contributed by atoms with E-state index < -0.39 is 0 Å². The lowest BCUT2D eigenvalue weighted by atomic mass is 10.1. The van der Waals surface area contributed by atoms with E-state index in [9.17, 15) is 0 Å². The molecule has 0 aromatic carbocycles. The molecule has 0 heterocycles. The maximum atomic E-state index is 8.10. The number of nitrogens with zero attached hydrogens (tertiary/aromatic N) is 3. The quantitative estimate of drug-likeness (QED) is 0.243. The average molecular weight is 155 g/mol. The predicted octanol–water partition coefficient (Wildman–Crippen LogP) is 3.66. The smallest absolute Gasteiger partial charge is 0.0345 e. The first-order valence-electron chi connectivity index (χ1n) is 4.35. The maximum Gasteiger partial charge on any atom is 0.0345 e. The van der Waals surface area contributed by atoms with Crippen LogP contribution in [0.1, 0.15) is 46.0 Å². The molecule has 1 atom stereocenters. The first-order chi connectivity index (χ1) is 5.31. The van der Waals surface area contributed by atoms with Crippen molar-refractivity contribution in [3.8, 4) is 0 Å². The summed E-state index contributed by atoms with van der Waals surface area (Å²) in [5.74, 6) is 0. The van der Waals surface area contributed by atoms with E-state index in [2.05, 4.69) is 16.9 Å². The van der Waals surface area contributed by atoms with Crippen molar-refractivity contribution in [3.63, 3.8) is 0 Å². The van der Waals surface area contributed by atoms with Crippen molar-refractivity contribution in [3.05, 3.63) is 10.4 Å². The second-order valence-electron chi connectivity index (χ2n) is 2.90. The molecular formula is C8H17N3. The SMILES string of the molecule is CCCCCC[C@H](C)N=[N+]=[N-]. The van der Waals surface area contributed by atoms with Crippen molar-refractivity contribution in [1.29, 1.82) is 0 Å². The fourth-order valence-electron chi connectivity index (χ4n) is 1.01. The standard InChI is InChI=1S/C8H17N3/c1-3-4-5-6-7-8(2)10-11-9/h8H,3-7H2,1-2H3/t8-/m0/s1. The van der Waals surface area contributed by atoms with Gasteiger partial charge in [0.05, 0.1) is 0 Å². The van der Waals surface area contributed by atoms with Crippen LogP contribution >= 0.6 is 0 Å². The van der Waals surface area contributed by atoms with Crippen molar-refractivity contribution >= 4 is 0 Å². The Balaban J connectivity index is 3.17. The maximum absolute atomic E-state index is 8.10. The lowest BCUT2D eigenvalue weighted by Crippen LogP contribution is -1.95. The van der Waals surface area contributed by atoms with Gasteiger partial charge in [-0.15, -0.1) is 0 Å². The zero-order valence-corrected chi connectivity index (χ0v) is 7.45. The monoisotopic (exact) mass is 155 g/mol. The van der Waals surface area contributed by atoms with Crippen LogP contribution in [0.4, 0.5) is 0 Å². The van der Waals surface area contributed by atoms with Gasteiger partial charge in [0.25, 0.3) is 0 Å². The lowest BCUT2D eigenvalue weighted by molar-refractivity contribution is 0.573. The molecular weight excluding hydrogens is 138 g/mol. The summed E-state index contributed by atoms with van der Waals surface area (Å²) in [5, 5.41) is 3.60. The normalized spacial score (nSPS) is 12.2. The molecule has 3 nitrogen and oxygen atoms in total. The fraction of sp³-hybridized carbons (Fsp3) is 1.00. The highest BCUT2D eigenvalue weighted by Gasteiger charge is 1.96. The van der Waals surface area contributed by atoms with Gasteiger partial charge in [-0.05, 0) is 12.0 Å². The van der Waals surface area contributed by atoms with Crippen LogP contribution in [0.3, 0.4) is 0 Å². The predicted molar refractivity (Wildman–Crippen MR) is 47.4 cm³/mol. The molecule has 0 bridgehead atoms. The Morgan fingerprint density at radius 3 is 2.64 bits per heavy atom. The highest BCUT2D eigenvalue weighted by molar-refractivity contribution is 4.59. The molecule has 0 aromatic rings. The molecule has 0 rings (SSSR count). The second-order valence-corrected chi connectivity index (χ2v) is 2.90. The van der Waals surface area contributed by atoms with E-state index in [0.29, 0.717) is 0 Å². The molecule has 0 unspecified atom stereocenters. The van der Waals surface area contributed by atoms with E-state index >= 15 is 0 Å². The van der Waals surface area contributed by atoms with Gasteiger partial charge in [-0.3, -0.25) is 0 Å². The van der Waals surface area contributed by atoms with Crippen molar-refractivity contribution in [2.45, 2.75) is 52.0 Å². The highest BCUT2D eigenvalue weighted by Crippen LogP contribution is 2.07. The Bertz CT molecular complexity index is 127. The minimum Gasteiger partial charge on any atom is -0.0909 e. The number of unbranched alkanes of at least 4 members (excludes halogenated alkanes) is 3. The van der Waals surface area contributed by atoms with E-state index in [4.69, 9.17) is 5.53 Å². The van der Waals surface area contributed by atoms with Gasteiger partial charge in [-0.25, -0.2) is 0 Å². The Hall–Kier alpha value is -0.690. The van der Waals surface area contributed by atoms with Crippen LogP contribution in [0.2, 0.25) is 0 Å². The minimum absolute atomic E-state index is 0.178. The highest BCUT2D eigenvalue weighted by atomic mass is 15.1. The van der Waals surface area contributed by atoms with Crippen LogP contribution < -0.4 is 0 Å². The van der Waals surface area contributed by atoms with E-state index in [1.165, 1.54) is 25.7 Å². The molecule has 0 spiro atoms. The molecule has 0 aromatic heterocycles. The van der Waals surface area contributed by atoms with Crippen LogP contribution in [-0.2, 0) is 0 Å². The van der Waals surface area contributed by atoms with E-state index in [-0.39, 0.29) is 6.04 Å². The van der Waals surface area contributed by atoms with Crippen LogP contribution in [0.15, 0.2) is 5.11 Å². The van der Waals surface area contributed by atoms with Crippen LogP contribution in [-0.4, -0.2) is 6.04 Å². The zero-order chi connectivity index (χ0) is 8.53. The molecule has 0 saturated carbocycles. The molecule has 0 radical (unpaired) electrons. The number of hydrogen-bond donors (Lipinski definition) is 0. The van der Waals surface area contributed by atoms with E-state index in [1.807, 2.05) is 6.92 Å². The third-order valence-corrected chi connectivity index (χ3v) is 1.72. The van der Waals surface area contributed by atoms with Gasteiger partial charge in [-0.1, -0.05) is 44.6 Å². The summed E-state index contributed by atoms with van der Waals surface area (Å²) >= 11 is 0. The Morgan fingerprint density at radius 1 is 1.36 bits per heavy atom. The summed E-state index contributed by atoms with van der Waals surface area (Å²) in [4.78, 5) is 2.76. The fourth-order valence-corrected chi connectivity index (χ4v) is 1.01. The Labute approximate surface area is 68.4 Å². The van der Waals surface area contributed by atoms with E-state index in [1.54, 1.807) is 0 Å². The zero-order valence-electron chi connectivity index (χ0n) is 7.45. The third-order valence-electron chi connectivity index (χ3n) is 1.72. The molecule has 0 saturated heterocycles. The van der Waals surface area contributed by atoms with Gasteiger partial charge in [0.1, 0.15) is 0 Å². The van der Waals surface area contributed by atoms with Crippen LogP contribution in [0, 0.1) is 0 Å². The van der Waals surface area contributed by atoms with Gasteiger partial charge in [0, 0.05) is 11.0 Å². The Morgan fingerprint density at radius 2 is 2.09 bits per heavy atom. The van der Waals surface area contributed by atoms with Gasteiger partial charge < -0.3 is 0 Å². The summed E-state index contributed by atoms with van der Waals surface area (Å²) in [7, 11) is 0. The van der Waals surface area contributed by atoms with E-state index in [0.717, 1.165) is 6.42 Å². The average Bonchev–Trinajstić information content (AvgIpc) is 1.99. The van der Waals surface area contributed by atoms with Crippen molar-refractivity contribution in [1.82, 2.24) is 0 Å². The Kier molecular flexibility index (Phi) is 6.95. The van der Waals surface area contributed by atoms with Gasteiger partial charge >= 0.3 is 0 Å². The first-order valence-corrected chi connectivity index (χ1v) is 4.35. The molecule has 3 heteroatoms. The molecule has 0 N–H and O–H groups in total. The molecule has 0 aliphatic rings. The lowest BCUT2D eigenvalue weighted by Gasteiger charge is -2.02. The largest absolute Gasteiger partial charge is 0.0909 e. The second kappa shape index (κ2) is 7.42. The minimum atomic E-state index is 0.178. The van der Waals surface area contributed by atoms with Gasteiger partial charge in [0.15, 0.2) is 0 Å². The molecule has 11 heavy (non-hydrogen) atoms. The van der Waals surface area contributed by atoms with Crippen LogP contribution in [0.25, 0.3) is 10.4 Å². The third kappa shape index (κ3) is 7.20. The molecule has 0 aliphatic heterocycles. The van der Waals surface area contributed by atoms with Crippen molar-refractivity contribution in [2.75, 3.05) is 0 Å². The topological polar surface area (TPSA) is 48.8 Å². The number of hydrogen-bond acceptors (Lipinski definition) is 1. The summed E-state index contributed by atoms with van der Waals surface area (Å²) in [6.45, 7) is 4.16. The summed E-state index contributed by atoms with van der Waals surface area (Å²) in [6, 6.07) is 0.178. The molecule has 0 aliphatic carbocycles. The molecule has 64 valence electrons.